The highest BCUT2D eigenvalue weighted by atomic mass is 15.1. The van der Waals surface area contributed by atoms with E-state index in [9.17, 15) is 0 Å². The summed E-state index contributed by atoms with van der Waals surface area (Å²) in [5.74, 6) is 0. The second-order valence-corrected chi connectivity index (χ2v) is 5.90. The number of nitrogens with zero attached hydrogens (tertiary/aromatic N) is 1. The van der Waals surface area contributed by atoms with Crippen LogP contribution in [0.4, 0.5) is 11.4 Å². The Morgan fingerprint density at radius 2 is 1.76 bits per heavy atom. The Kier molecular flexibility index (Phi) is 3.67. The van der Waals surface area contributed by atoms with E-state index in [4.69, 9.17) is 7.85 Å². The first-order valence-electron chi connectivity index (χ1n) is 7.49. The number of hydrogen-bond donors (Lipinski definition) is 1. The summed E-state index contributed by atoms with van der Waals surface area (Å²) in [4.78, 5) is 2.46. The third-order valence-corrected chi connectivity index (χ3v) is 4.38. The summed E-state index contributed by atoms with van der Waals surface area (Å²) in [6.07, 6.45) is 1.06. The number of rotatable bonds is 2. The van der Waals surface area contributed by atoms with E-state index in [0.717, 1.165) is 25.0 Å². The van der Waals surface area contributed by atoms with E-state index >= 15 is 0 Å². The van der Waals surface area contributed by atoms with Gasteiger partial charge in [0.25, 0.3) is 0 Å². The first kappa shape index (κ1) is 14.1. The van der Waals surface area contributed by atoms with Crippen LogP contribution in [-0.2, 0) is 13.0 Å². The Morgan fingerprint density at radius 3 is 2.43 bits per heavy atom. The van der Waals surface area contributed by atoms with E-state index in [1.807, 2.05) is 13.1 Å². The number of aryl methyl sites for hydroxylation is 2. The molecule has 0 atom stereocenters. The normalized spacial score (nSPS) is 14.0. The van der Waals surface area contributed by atoms with Crippen molar-refractivity contribution in [1.82, 2.24) is 0 Å². The first-order valence-corrected chi connectivity index (χ1v) is 7.49. The molecule has 0 bridgehead atoms. The molecule has 0 saturated carbocycles. The molecule has 0 unspecified atom stereocenters. The zero-order valence-corrected chi connectivity index (χ0v) is 13.0. The van der Waals surface area contributed by atoms with Crippen LogP contribution in [-0.4, -0.2) is 21.4 Å². The van der Waals surface area contributed by atoms with Gasteiger partial charge in [0.1, 0.15) is 7.85 Å². The van der Waals surface area contributed by atoms with E-state index in [1.54, 1.807) is 0 Å². The van der Waals surface area contributed by atoms with Crippen molar-refractivity contribution in [3.8, 4) is 0 Å². The van der Waals surface area contributed by atoms with E-state index in [2.05, 4.69) is 48.3 Å². The maximum absolute atomic E-state index is 5.88. The van der Waals surface area contributed by atoms with Gasteiger partial charge >= 0.3 is 0 Å². The lowest BCUT2D eigenvalue weighted by Crippen LogP contribution is -2.31. The predicted octanol–water partition coefficient (Wildman–Crippen LogP) is 2.70. The maximum Gasteiger partial charge on any atom is 0.113 e. The highest BCUT2D eigenvalue weighted by Gasteiger charge is 2.17. The number of nitrogens with one attached hydrogen (secondary N) is 1. The Balaban J connectivity index is 1.91. The van der Waals surface area contributed by atoms with Gasteiger partial charge in [0, 0.05) is 31.5 Å². The number of hydrogen-bond acceptors (Lipinski definition) is 2. The summed E-state index contributed by atoms with van der Waals surface area (Å²) in [6, 6.07) is 10.8. The molecule has 2 aromatic rings. The van der Waals surface area contributed by atoms with E-state index < -0.39 is 0 Å². The molecule has 3 heteroatoms. The highest BCUT2D eigenvalue weighted by molar-refractivity contribution is 6.32. The van der Waals surface area contributed by atoms with Gasteiger partial charge in [0.2, 0.25) is 0 Å². The molecule has 2 radical (unpaired) electrons. The highest BCUT2D eigenvalue weighted by Crippen LogP contribution is 2.30. The molecule has 1 aliphatic heterocycles. The molecule has 0 aliphatic carbocycles. The van der Waals surface area contributed by atoms with Crippen molar-refractivity contribution in [2.75, 3.05) is 23.8 Å². The van der Waals surface area contributed by atoms with Crippen molar-refractivity contribution < 1.29 is 0 Å². The van der Waals surface area contributed by atoms with Crippen LogP contribution < -0.4 is 15.7 Å². The number of fused-ring (bicyclic) bond motifs is 1. The Bertz CT molecular complexity index is 656. The second kappa shape index (κ2) is 5.47. The minimum absolute atomic E-state index is 0.868. The van der Waals surface area contributed by atoms with Crippen molar-refractivity contribution >= 4 is 24.7 Å². The van der Waals surface area contributed by atoms with Crippen molar-refractivity contribution in [3.63, 3.8) is 0 Å². The summed E-state index contributed by atoms with van der Waals surface area (Å²) in [7, 11) is 7.86. The molecule has 1 heterocycles. The van der Waals surface area contributed by atoms with Gasteiger partial charge in [-0.05, 0) is 54.7 Å². The van der Waals surface area contributed by atoms with Crippen LogP contribution in [0.25, 0.3) is 0 Å². The minimum Gasteiger partial charge on any atom is -0.388 e. The summed E-state index contributed by atoms with van der Waals surface area (Å²) in [6.45, 7) is 6.35. The van der Waals surface area contributed by atoms with E-state index in [-0.39, 0.29) is 0 Å². The summed E-state index contributed by atoms with van der Waals surface area (Å²) in [5.41, 5.74) is 8.81. The van der Waals surface area contributed by atoms with Gasteiger partial charge in [-0.15, -0.1) is 0 Å². The largest absolute Gasteiger partial charge is 0.388 e. The molecule has 2 nitrogen and oxygen atoms in total. The molecule has 1 aliphatic rings. The molecule has 0 aromatic heterocycles. The van der Waals surface area contributed by atoms with E-state index in [1.165, 1.54) is 33.6 Å². The van der Waals surface area contributed by atoms with Crippen LogP contribution in [0.2, 0.25) is 0 Å². The van der Waals surface area contributed by atoms with Gasteiger partial charge < -0.3 is 10.2 Å². The van der Waals surface area contributed by atoms with E-state index in [0.29, 0.717) is 0 Å². The summed E-state index contributed by atoms with van der Waals surface area (Å²) >= 11 is 0. The summed E-state index contributed by atoms with van der Waals surface area (Å²) < 4.78 is 0. The third-order valence-electron chi connectivity index (χ3n) is 4.38. The maximum atomic E-state index is 5.88. The zero-order chi connectivity index (χ0) is 15.0. The average Bonchev–Trinajstić information content (AvgIpc) is 2.46. The van der Waals surface area contributed by atoms with Crippen molar-refractivity contribution in [2.24, 2.45) is 0 Å². The minimum atomic E-state index is 0.868. The second-order valence-electron chi connectivity index (χ2n) is 5.90. The van der Waals surface area contributed by atoms with Crippen LogP contribution in [0.15, 0.2) is 30.3 Å². The fourth-order valence-corrected chi connectivity index (χ4v) is 3.31. The van der Waals surface area contributed by atoms with Crippen molar-refractivity contribution in [1.29, 1.82) is 0 Å². The molecule has 21 heavy (non-hydrogen) atoms. The molecule has 0 amide bonds. The van der Waals surface area contributed by atoms with Crippen LogP contribution in [0.3, 0.4) is 0 Å². The van der Waals surface area contributed by atoms with Gasteiger partial charge in [-0.1, -0.05) is 23.7 Å². The van der Waals surface area contributed by atoms with Crippen LogP contribution in [0.1, 0.15) is 22.3 Å². The van der Waals surface area contributed by atoms with Gasteiger partial charge in [0.15, 0.2) is 0 Å². The molecular weight excluding hydrogens is 255 g/mol. The van der Waals surface area contributed by atoms with Crippen molar-refractivity contribution in [3.05, 3.63) is 52.6 Å². The molecule has 0 saturated heterocycles. The van der Waals surface area contributed by atoms with Crippen LogP contribution in [0.5, 0.6) is 0 Å². The Labute approximate surface area is 128 Å². The van der Waals surface area contributed by atoms with Crippen LogP contribution >= 0.6 is 0 Å². The average molecular weight is 276 g/mol. The third kappa shape index (κ3) is 2.65. The molecule has 0 fully saturated rings. The molecule has 2 aromatic carbocycles. The van der Waals surface area contributed by atoms with Gasteiger partial charge in [-0.2, -0.15) is 0 Å². The lowest BCUT2D eigenvalue weighted by atomic mass is 9.89. The molecule has 1 N–H and O–H groups in total. The molecule has 0 spiro atoms. The topological polar surface area (TPSA) is 15.3 Å². The molecule has 3 rings (SSSR count). The molecule has 106 valence electrons. The quantitative estimate of drug-likeness (QED) is 0.848. The Morgan fingerprint density at radius 1 is 1.05 bits per heavy atom. The standard InChI is InChI=1S/C18H21BN2/c1-12-8-17(9-13(2)18(12)20-3)21-7-6-14-10-16(19)5-4-15(14)11-21/h4-5,8-10,20H,6-7,11H2,1-3H3. The fraction of sp³-hybridized carbons (Fsp3) is 0.333. The van der Waals surface area contributed by atoms with Gasteiger partial charge in [0.05, 0.1) is 0 Å². The number of benzene rings is 2. The lowest BCUT2D eigenvalue weighted by molar-refractivity contribution is 0.732. The van der Waals surface area contributed by atoms with Gasteiger partial charge in [-0.3, -0.25) is 0 Å². The monoisotopic (exact) mass is 276 g/mol. The van der Waals surface area contributed by atoms with Gasteiger partial charge in [-0.25, -0.2) is 0 Å². The van der Waals surface area contributed by atoms with Crippen LogP contribution in [0, 0.1) is 13.8 Å². The first-order chi connectivity index (χ1) is 10.1. The number of anilines is 2. The summed E-state index contributed by atoms with van der Waals surface area (Å²) in [5, 5.41) is 3.28. The predicted molar refractivity (Wildman–Crippen MR) is 92.0 cm³/mol. The SMILES string of the molecule is [B]c1ccc2c(c1)CCN(c1cc(C)c(NC)c(C)c1)C2. The smallest absolute Gasteiger partial charge is 0.113 e. The molecular formula is C18H21BN2. The zero-order valence-electron chi connectivity index (χ0n) is 13.0. The fourth-order valence-electron chi connectivity index (χ4n) is 3.31. The lowest BCUT2D eigenvalue weighted by Gasteiger charge is -2.32. The van der Waals surface area contributed by atoms with Crippen molar-refractivity contribution in [2.45, 2.75) is 26.8 Å². The Hall–Kier alpha value is -1.90.